The molecule has 1 aromatic rings. The van der Waals surface area contributed by atoms with Gasteiger partial charge in [0.15, 0.2) is 0 Å². The molecule has 0 radical (unpaired) electrons. The highest BCUT2D eigenvalue weighted by Crippen LogP contribution is 2.19. The molecule has 1 N–H and O–H groups in total. The Kier molecular flexibility index (Phi) is 3.61. The van der Waals surface area contributed by atoms with Crippen molar-refractivity contribution >= 4 is 16.6 Å². The average Bonchev–Trinajstić information content (AvgIpc) is 3.22. The van der Waals surface area contributed by atoms with Gasteiger partial charge in [0, 0.05) is 48.0 Å². The molecule has 0 spiro atoms. The number of aromatic nitrogens is 1. The minimum atomic E-state index is -0.623. The zero-order valence-electron chi connectivity index (χ0n) is 10.5. The van der Waals surface area contributed by atoms with Crippen LogP contribution in [-0.2, 0) is 17.3 Å². The second-order valence-corrected chi connectivity index (χ2v) is 6.67. The van der Waals surface area contributed by atoms with Gasteiger partial charge in [-0.05, 0) is 25.0 Å². The van der Waals surface area contributed by atoms with E-state index in [2.05, 4.69) is 33.4 Å². The lowest BCUT2D eigenvalue weighted by Gasteiger charge is -2.27. The first kappa shape index (κ1) is 12.1. The number of hydrogen-bond acceptors (Lipinski definition) is 4. The Labute approximate surface area is 110 Å². The standard InChI is InChI=1S/C13H19N3OS/c17-18-8-6-16(7-9-18)13-3-1-2-12(15-13)10-14-11-4-5-11/h1-3,11,14H,4-10H2. The van der Waals surface area contributed by atoms with Gasteiger partial charge in [0.25, 0.3) is 0 Å². The van der Waals surface area contributed by atoms with Crippen LogP contribution < -0.4 is 10.2 Å². The molecule has 2 aliphatic rings. The van der Waals surface area contributed by atoms with E-state index in [1.807, 2.05) is 0 Å². The van der Waals surface area contributed by atoms with Gasteiger partial charge >= 0.3 is 0 Å². The molecule has 1 aliphatic heterocycles. The van der Waals surface area contributed by atoms with Crippen LogP contribution >= 0.6 is 0 Å². The molecule has 0 bridgehead atoms. The summed E-state index contributed by atoms with van der Waals surface area (Å²) in [5, 5.41) is 3.48. The van der Waals surface area contributed by atoms with Gasteiger partial charge in [-0.15, -0.1) is 0 Å². The molecule has 0 atom stereocenters. The Balaban J connectivity index is 1.63. The van der Waals surface area contributed by atoms with E-state index in [1.165, 1.54) is 12.8 Å². The van der Waals surface area contributed by atoms with Gasteiger partial charge in [-0.25, -0.2) is 4.98 Å². The van der Waals surface area contributed by atoms with Gasteiger partial charge < -0.3 is 10.2 Å². The number of pyridine rings is 1. The topological polar surface area (TPSA) is 45.2 Å². The van der Waals surface area contributed by atoms with Gasteiger partial charge in [0.1, 0.15) is 5.82 Å². The van der Waals surface area contributed by atoms with Gasteiger partial charge in [0.05, 0.1) is 5.69 Å². The molecular formula is C13H19N3OS. The first-order valence-electron chi connectivity index (χ1n) is 6.60. The van der Waals surface area contributed by atoms with Crippen LogP contribution in [0.1, 0.15) is 18.5 Å². The molecule has 1 saturated heterocycles. The predicted molar refractivity (Wildman–Crippen MR) is 74.2 cm³/mol. The highest BCUT2D eigenvalue weighted by molar-refractivity contribution is 7.85. The highest BCUT2D eigenvalue weighted by atomic mass is 32.2. The van der Waals surface area contributed by atoms with Crippen molar-refractivity contribution < 1.29 is 4.21 Å². The molecule has 1 aromatic heterocycles. The predicted octanol–water partition coefficient (Wildman–Crippen LogP) is 0.902. The van der Waals surface area contributed by atoms with E-state index >= 15 is 0 Å². The van der Waals surface area contributed by atoms with E-state index in [4.69, 9.17) is 0 Å². The van der Waals surface area contributed by atoms with Gasteiger partial charge in [-0.1, -0.05) is 6.07 Å². The zero-order valence-corrected chi connectivity index (χ0v) is 11.3. The molecule has 1 aliphatic carbocycles. The Morgan fingerprint density at radius 3 is 2.83 bits per heavy atom. The summed E-state index contributed by atoms with van der Waals surface area (Å²) < 4.78 is 11.3. The zero-order chi connectivity index (χ0) is 12.4. The molecular weight excluding hydrogens is 246 g/mol. The molecule has 0 aromatic carbocycles. The number of anilines is 1. The van der Waals surface area contributed by atoms with Crippen molar-refractivity contribution in [3.05, 3.63) is 23.9 Å². The van der Waals surface area contributed by atoms with E-state index in [9.17, 15) is 4.21 Å². The van der Waals surface area contributed by atoms with Gasteiger partial charge in [0.2, 0.25) is 0 Å². The van der Waals surface area contributed by atoms with Crippen molar-refractivity contribution in [2.75, 3.05) is 29.5 Å². The first-order valence-corrected chi connectivity index (χ1v) is 8.09. The molecule has 0 amide bonds. The quantitative estimate of drug-likeness (QED) is 0.878. The molecule has 4 nitrogen and oxygen atoms in total. The summed E-state index contributed by atoms with van der Waals surface area (Å²) >= 11 is 0. The number of hydrogen-bond donors (Lipinski definition) is 1. The average molecular weight is 265 g/mol. The van der Waals surface area contributed by atoms with E-state index in [-0.39, 0.29) is 0 Å². The largest absolute Gasteiger partial charge is 0.355 e. The summed E-state index contributed by atoms with van der Waals surface area (Å²) in [6.45, 7) is 2.58. The number of rotatable bonds is 4. The Morgan fingerprint density at radius 2 is 2.11 bits per heavy atom. The van der Waals surface area contributed by atoms with Crippen LogP contribution in [0.3, 0.4) is 0 Å². The lowest BCUT2D eigenvalue weighted by molar-refractivity contribution is 0.666. The highest BCUT2D eigenvalue weighted by Gasteiger charge is 2.20. The van der Waals surface area contributed by atoms with E-state index in [0.29, 0.717) is 6.04 Å². The van der Waals surface area contributed by atoms with Crippen LogP contribution in [0.2, 0.25) is 0 Å². The minimum absolute atomic E-state index is 0.623. The Morgan fingerprint density at radius 1 is 1.33 bits per heavy atom. The Bertz CT molecular complexity index is 438. The number of nitrogens with one attached hydrogen (secondary N) is 1. The van der Waals surface area contributed by atoms with Crippen molar-refractivity contribution in [3.8, 4) is 0 Å². The van der Waals surface area contributed by atoms with Crippen molar-refractivity contribution in [2.45, 2.75) is 25.4 Å². The van der Waals surface area contributed by atoms with E-state index in [0.717, 1.165) is 42.7 Å². The fourth-order valence-electron chi connectivity index (χ4n) is 2.14. The van der Waals surface area contributed by atoms with Crippen LogP contribution in [-0.4, -0.2) is 39.8 Å². The summed E-state index contributed by atoms with van der Waals surface area (Å²) in [7, 11) is -0.623. The summed E-state index contributed by atoms with van der Waals surface area (Å²) in [5.41, 5.74) is 1.10. The van der Waals surface area contributed by atoms with Gasteiger partial charge in [-0.2, -0.15) is 0 Å². The maximum absolute atomic E-state index is 11.3. The lowest BCUT2D eigenvalue weighted by atomic mass is 10.3. The monoisotopic (exact) mass is 265 g/mol. The fraction of sp³-hybridized carbons (Fsp3) is 0.615. The number of nitrogens with zero attached hydrogens (tertiary/aromatic N) is 2. The van der Waals surface area contributed by atoms with Crippen LogP contribution in [0.25, 0.3) is 0 Å². The summed E-state index contributed by atoms with van der Waals surface area (Å²) in [5.74, 6) is 2.57. The first-order chi connectivity index (χ1) is 8.81. The minimum Gasteiger partial charge on any atom is -0.355 e. The lowest BCUT2D eigenvalue weighted by Crippen LogP contribution is -2.38. The van der Waals surface area contributed by atoms with Crippen LogP contribution in [0.15, 0.2) is 18.2 Å². The van der Waals surface area contributed by atoms with Crippen LogP contribution in [0, 0.1) is 0 Å². The second-order valence-electron chi connectivity index (χ2n) is 4.98. The molecule has 0 unspecified atom stereocenters. The third-order valence-electron chi connectivity index (χ3n) is 3.44. The van der Waals surface area contributed by atoms with Crippen molar-refractivity contribution in [1.82, 2.24) is 10.3 Å². The molecule has 2 fully saturated rings. The third kappa shape index (κ3) is 3.09. The van der Waals surface area contributed by atoms with Crippen molar-refractivity contribution in [3.63, 3.8) is 0 Å². The SMILES string of the molecule is O=S1CCN(c2cccc(CNC3CC3)n2)CC1. The van der Waals surface area contributed by atoms with Crippen LogP contribution in [0.5, 0.6) is 0 Å². The van der Waals surface area contributed by atoms with Gasteiger partial charge in [-0.3, -0.25) is 4.21 Å². The summed E-state index contributed by atoms with van der Waals surface area (Å²) in [6, 6.07) is 6.90. The maximum atomic E-state index is 11.3. The smallest absolute Gasteiger partial charge is 0.128 e. The molecule has 1 saturated carbocycles. The summed E-state index contributed by atoms with van der Waals surface area (Å²) in [4.78, 5) is 6.92. The van der Waals surface area contributed by atoms with E-state index in [1.54, 1.807) is 0 Å². The molecule has 2 heterocycles. The Hall–Kier alpha value is -0.940. The van der Waals surface area contributed by atoms with Crippen molar-refractivity contribution in [1.29, 1.82) is 0 Å². The van der Waals surface area contributed by atoms with Crippen molar-refractivity contribution in [2.24, 2.45) is 0 Å². The maximum Gasteiger partial charge on any atom is 0.128 e. The second kappa shape index (κ2) is 5.36. The molecule has 18 heavy (non-hydrogen) atoms. The molecule has 98 valence electrons. The van der Waals surface area contributed by atoms with E-state index < -0.39 is 10.8 Å². The fourth-order valence-corrected chi connectivity index (χ4v) is 3.20. The third-order valence-corrected chi connectivity index (χ3v) is 4.72. The molecule has 3 rings (SSSR count). The normalized spacial score (nSPS) is 21.2. The molecule has 5 heteroatoms. The van der Waals surface area contributed by atoms with Crippen LogP contribution in [0.4, 0.5) is 5.82 Å². The summed E-state index contributed by atoms with van der Waals surface area (Å²) in [6.07, 6.45) is 2.61.